The number of ether oxygens (including phenoxy) is 1. The van der Waals surface area contributed by atoms with Gasteiger partial charge in [-0.2, -0.15) is 0 Å². The maximum atomic E-state index is 13.3. The Morgan fingerprint density at radius 2 is 1.74 bits per heavy atom. The average Bonchev–Trinajstić information content (AvgIpc) is 2.78. The van der Waals surface area contributed by atoms with Crippen molar-refractivity contribution in [2.75, 3.05) is 34.3 Å². The van der Waals surface area contributed by atoms with Gasteiger partial charge < -0.3 is 10.1 Å². The number of sulfonamides is 1. The van der Waals surface area contributed by atoms with Gasteiger partial charge in [0.2, 0.25) is 15.9 Å². The van der Waals surface area contributed by atoms with Crippen LogP contribution >= 0.6 is 0 Å². The highest BCUT2D eigenvalue weighted by molar-refractivity contribution is 7.92. The molecule has 1 saturated heterocycles. The molecule has 0 spiro atoms. The molecule has 1 heterocycles. The van der Waals surface area contributed by atoms with Gasteiger partial charge in [-0.25, -0.2) is 13.2 Å². The van der Waals surface area contributed by atoms with E-state index in [-0.39, 0.29) is 30.2 Å². The summed E-state index contributed by atoms with van der Waals surface area (Å²) in [6.45, 7) is 7.62. The van der Waals surface area contributed by atoms with Crippen molar-refractivity contribution in [1.29, 1.82) is 0 Å². The molecule has 0 saturated carbocycles. The van der Waals surface area contributed by atoms with Crippen molar-refractivity contribution in [2.24, 2.45) is 0 Å². The van der Waals surface area contributed by atoms with E-state index in [0.717, 1.165) is 5.56 Å². The fraction of sp³-hybridized carbons (Fsp3) is 0.375. The summed E-state index contributed by atoms with van der Waals surface area (Å²) < 4.78 is 31.6. The topological polar surface area (TPSA) is 134 Å². The highest BCUT2D eigenvalue weighted by Crippen LogP contribution is 2.38. The normalized spacial score (nSPS) is 14.4. The third kappa shape index (κ3) is 6.10. The first-order valence-electron chi connectivity index (χ1n) is 11.1. The maximum Gasteiger partial charge on any atom is 0.328 e. The number of carbonyl (C=O) groups excluding carboxylic acids is 3. The van der Waals surface area contributed by atoms with Crippen LogP contribution in [-0.2, 0) is 20.2 Å². The van der Waals surface area contributed by atoms with Gasteiger partial charge in [0, 0.05) is 35.6 Å². The molecule has 3 rings (SSSR count). The van der Waals surface area contributed by atoms with E-state index in [1.54, 1.807) is 36.4 Å². The molecule has 0 aliphatic carbocycles. The summed E-state index contributed by atoms with van der Waals surface area (Å²) in [4.78, 5) is 38.8. The zero-order chi connectivity index (χ0) is 26.0. The lowest BCUT2D eigenvalue weighted by Crippen LogP contribution is -2.49. The van der Waals surface area contributed by atoms with Crippen molar-refractivity contribution < 1.29 is 27.5 Å². The highest BCUT2D eigenvalue weighted by Gasteiger charge is 2.30. The zero-order valence-electron chi connectivity index (χ0n) is 20.4. The van der Waals surface area contributed by atoms with Gasteiger partial charge in [0.1, 0.15) is 5.75 Å². The zero-order valence-corrected chi connectivity index (χ0v) is 21.2. The lowest BCUT2D eigenvalue weighted by Gasteiger charge is -2.30. The first kappa shape index (κ1) is 26.0. The monoisotopic (exact) mass is 502 g/mol. The minimum Gasteiger partial charge on any atom is -0.496 e. The van der Waals surface area contributed by atoms with Crippen LogP contribution in [0, 0.1) is 0 Å². The molecule has 0 radical (unpaired) electrons. The Morgan fingerprint density at radius 3 is 2.29 bits per heavy atom. The second-order valence-electron chi connectivity index (χ2n) is 9.12. The molecule has 0 aromatic heterocycles. The largest absolute Gasteiger partial charge is 0.496 e. The Hall–Kier alpha value is -3.60. The summed E-state index contributed by atoms with van der Waals surface area (Å²) >= 11 is 0. The fourth-order valence-electron chi connectivity index (χ4n) is 3.60. The molecule has 1 aliphatic rings. The van der Waals surface area contributed by atoms with Gasteiger partial charge in [-0.3, -0.25) is 24.5 Å². The number of rotatable bonds is 7. The number of hydrogen-bond acceptors (Lipinski definition) is 6. The number of nitrogens with one attached hydrogen (secondary N) is 3. The van der Waals surface area contributed by atoms with E-state index in [4.69, 9.17) is 4.74 Å². The van der Waals surface area contributed by atoms with E-state index in [0.29, 0.717) is 22.8 Å². The van der Waals surface area contributed by atoms with Crippen LogP contribution in [0.1, 0.15) is 50.0 Å². The van der Waals surface area contributed by atoms with E-state index in [2.05, 4.69) is 15.4 Å². The number of carbonyl (C=O) groups is 3. The first-order valence-corrected chi connectivity index (χ1v) is 12.8. The third-order valence-corrected chi connectivity index (χ3v) is 6.80. The molecule has 35 heavy (non-hydrogen) atoms. The molecule has 4 amide bonds. The fourth-order valence-corrected chi connectivity index (χ4v) is 4.24. The van der Waals surface area contributed by atoms with Crippen molar-refractivity contribution in [1.82, 2.24) is 5.32 Å². The molecule has 0 unspecified atom stereocenters. The van der Waals surface area contributed by atoms with Gasteiger partial charge in [0.05, 0.1) is 18.4 Å². The summed E-state index contributed by atoms with van der Waals surface area (Å²) in [5.41, 5.74) is 1.81. The summed E-state index contributed by atoms with van der Waals surface area (Å²) in [6.07, 6.45) is 0.151. The molecule has 188 valence electrons. The number of amides is 4. The van der Waals surface area contributed by atoms with Gasteiger partial charge in [0.15, 0.2) is 0 Å². The van der Waals surface area contributed by atoms with E-state index in [1.807, 2.05) is 20.8 Å². The molecular weight excluding hydrogens is 472 g/mol. The summed E-state index contributed by atoms with van der Waals surface area (Å²) in [5, 5.41) is 5.09. The van der Waals surface area contributed by atoms with Crippen LogP contribution in [-0.4, -0.2) is 45.7 Å². The summed E-state index contributed by atoms with van der Waals surface area (Å²) in [7, 11) is -1.94. The average molecular weight is 503 g/mol. The Morgan fingerprint density at radius 1 is 1.11 bits per heavy atom. The van der Waals surface area contributed by atoms with E-state index >= 15 is 0 Å². The van der Waals surface area contributed by atoms with Crippen LogP contribution < -0.4 is 25.0 Å². The Labute approximate surface area is 205 Å². The molecule has 10 nitrogen and oxygen atoms in total. The minimum absolute atomic E-state index is 0.0546. The molecule has 0 atom stereocenters. The second-order valence-corrected chi connectivity index (χ2v) is 11.1. The first-order chi connectivity index (χ1) is 16.3. The van der Waals surface area contributed by atoms with Crippen LogP contribution in [0.15, 0.2) is 36.4 Å². The number of imide groups is 1. The van der Waals surface area contributed by atoms with Gasteiger partial charge in [-0.15, -0.1) is 0 Å². The predicted molar refractivity (Wildman–Crippen MR) is 135 cm³/mol. The Bertz CT molecular complexity index is 1250. The van der Waals surface area contributed by atoms with Crippen LogP contribution in [0.5, 0.6) is 5.75 Å². The number of urea groups is 1. The van der Waals surface area contributed by atoms with Crippen molar-refractivity contribution in [3.8, 4) is 5.75 Å². The smallest absolute Gasteiger partial charge is 0.328 e. The van der Waals surface area contributed by atoms with Crippen molar-refractivity contribution in [3.63, 3.8) is 0 Å². The van der Waals surface area contributed by atoms with Crippen LogP contribution in [0.3, 0.4) is 0 Å². The van der Waals surface area contributed by atoms with E-state index in [9.17, 15) is 22.8 Å². The highest BCUT2D eigenvalue weighted by atomic mass is 32.2. The molecule has 1 aliphatic heterocycles. The van der Waals surface area contributed by atoms with Gasteiger partial charge in [0.25, 0.3) is 5.91 Å². The number of benzene rings is 2. The molecular formula is C24H30N4O6S. The number of anilines is 3. The lowest BCUT2D eigenvalue weighted by molar-refractivity contribution is -0.120. The maximum absolute atomic E-state index is 13.3. The lowest BCUT2D eigenvalue weighted by atomic mass is 9.84. The molecule has 0 bridgehead atoms. The minimum atomic E-state index is -3.41. The SMILES string of the molecule is CCS(=O)(=O)Nc1ccc(NC(=O)c2cc(N3CCC(=O)NC3=O)cc(C(C)(C)C)c2OC)cc1. The quantitative estimate of drug-likeness (QED) is 0.531. The summed E-state index contributed by atoms with van der Waals surface area (Å²) in [6, 6.07) is 9.05. The van der Waals surface area contributed by atoms with Crippen LogP contribution in [0.2, 0.25) is 0 Å². The number of hydrogen-bond donors (Lipinski definition) is 3. The van der Waals surface area contributed by atoms with Crippen molar-refractivity contribution in [2.45, 2.75) is 39.5 Å². The predicted octanol–water partition coefficient (Wildman–Crippen LogP) is 3.45. The number of nitrogens with zero attached hydrogens (tertiary/aromatic N) is 1. The second kappa shape index (κ2) is 9.95. The standard InChI is InChI=1S/C24H30N4O6S/c1-6-35(32,33)27-16-9-7-15(8-10-16)25-22(30)18-13-17(28-12-11-20(29)26-23(28)31)14-19(21(18)34-5)24(2,3)4/h7-10,13-14,27H,6,11-12H2,1-5H3,(H,25,30)(H,26,29,31). The van der Waals surface area contributed by atoms with E-state index < -0.39 is 27.4 Å². The van der Waals surface area contributed by atoms with Gasteiger partial charge >= 0.3 is 6.03 Å². The van der Waals surface area contributed by atoms with Gasteiger partial charge in [-0.05, 0) is 48.7 Å². The summed E-state index contributed by atoms with van der Waals surface area (Å²) in [5.74, 6) is -0.497. The van der Waals surface area contributed by atoms with Crippen LogP contribution in [0.4, 0.5) is 21.9 Å². The third-order valence-electron chi connectivity index (χ3n) is 5.49. The molecule has 1 fully saturated rings. The van der Waals surface area contributed by atoms with E-state index in [1.165, 1.54) is 18.9 Å². The number of methoxy groups -OCH3 is 1. The molecule has 11 heteroatoms. The molecule has 3 N–H and O–H groups in total. The van der Waals surface area contributed by atoms with Crippen molar-refractivity contribution in [3.05, 3.63) is 47.5 Å². The Kier molecular flexibility index (Phi) is 7.39. The van der Waals surface area contributed by atoms with Crippen molar-refractivity contribution >= 4 is 44.9 Å². The van der Waals surface area contributed by atoms with Crippen LogP contribution in [0.25, 0.3) is 0 Å². The molecule has 2 aromatic rings. The van der Waals surface area contributed by atoms with Gasteiger partial charge in [-0.1, -0.05) is 20.8 Å². The Balaban J connectivity index is 1.97. The molecule has 2 aromatic carbocycles.